The van der Waals surface area contributed by atoms with Gasteiger partial charge >= 0.3 is 0 Å². The number of rotatable bonds is 14. The largest absolute Gasteiger partial charge is 0.371 e. The predicted molar refractivity (Wildman–Crippen MR) is 197 cm³/mol. The Bertz CT molecular complexity index is 1720. The molecule has 3 aromatic carbocycles. The summed E-state index contributed by atoms with van der Waals surface area (Å²) in [5.41, 5.74) is 1.46. The quantitative estimate of drug-likeness (QED) is 0.107. The number of ether oxygens (including phenoxy) is 2. The number of nitrogens with zero attached hydrogens (tertiary/aromatic N) is 2. The lowest BCUT2D eigenvalue weighted by molar-refractivity contribution is -0.124. The molecule has 0 saturated heterocycles. The van der Waals surface area contributed by atoms with E-state index in [-0.39, 0.29) is 54.0 Å². The number of amides is 2. The highest BCUT2D eigenvalue weighted by Gasteiger charge is 2.33. The average molecular weight is 714 g/mol. The van der Waals surface area contributed by atoms with Crippen molar-refractivity contribution in [3.63, 3.8) is 0 Å². The highest BCUT2D eigenvalue weighted by Crippen LogP contribution is 2.27. The van der Waals surface area contributed by atoms with Gasteiger partial charge in [0.2, 0.25) is 5.91 Å². The van der Waals surface area contributed by atoms with E-state index in [1.54, 1.807) is 37.3 Å². The van der Waals surface area contributed by atoms with E-state index in [0.29, 0.717) is 23.9 Å². The predicted octanol–water partition coefficient (Wildman–Crippen LogP) is 6.72. The van der Waals surface area contributed by atoms with Crippen LogP contribution in [0.4, 0.5) is 5.69 Å². The van der Waals surface area contributed by atoms with E-state index in [0.717, 1.165) is 62.5 Å². The Balaban J connectivity index is 1.18. The second-order valence-corrected chi connectivity index (χ2v) is 14.2. The number of anilines is 1. The molecule has 2 amide bonds. The fourth-order valence-corrected chi connectivity index (χ4v) is 7.07. The van der Waals surface area contributed by atoms with Crippen LogP contribution in [0.1, 0.15) is 85.6 Å². The van der Waals surface area contributed by atoms with Crippen LogP contribution >= 0.6 is 11.6 Å². The normalized spacial score (nSPS) is 21.7. The van der Waals surface area contributed by atoms with Gasteiger partial charge in [-0.25, -0.2) is 0 Å². The molecule has 1 unspecified atom stereocenters. The summed E-state index contributed by atoms with van der Waals surface area (Å²) in [6, 6.07) is 28.1. The van der Waals surface area contributed by atoms with Crippen molar-refractivity contribution in [3.05, 3.63) is 119 Å². The third-order valence-corrected chi connectivity index (χ3v) is 9.97. The Morgan fingerprint density at radius 2 is 1.33 bits per heavy atom. The van der Waals surface area contributed by atoms with Crippen LogP contribution in [-0.2, 0) is 39.8 Å². The van der Waals surface area contributed by atoms with Gasteiger partial charge in [0.1, 0.15) is 17.9 Å². The lowest BCUT2D eigenvalue weighted by atomic mass is 9.92. The van der Waals surface area contributed by atoms with Crippen LogP contribution in [0.3, 0.4) is 0 Å². The number of aromatic nitrogens is 2. The number of hydrogen-bond acceptors (Lipinski definition) is 7. The van der Waals surface area contributed by atoms with Gasteiger partial charge in [0, 0.05) is 10.7 Å². The minimum Gasteiger partial charge on any atom is -0.371 e. The fraction of sp³-hybridized carbons (Fsp3) is 0.425. The van der Waals surface area contributed by atoms with Crippen molar-refractivity contribution in [1.29, 1.82) is 0 Å². The molecule has 4 aromatic rings. The number of halogens is 1. The van der Waals surface area contributed by atoms with E-state index in [9.17, 15) is 14.7 Å². The molecule has 2 aliphatic rings. The van der Waals surface area contributed by atoms with Crippen LogP contribution < -0.4 is 16.0 Å². The van der Waals surface area contributed by atoms with Gasteiger partial charge in [0.05, 0.1) is 37.5 Å². The van der Waals surface area contributed by atoms with Gasteiger partial charge in [0.25, 0.3) is 5.91 Å². The average Bonchev–Trinajstić information content (AvgIpc) is 3.57. The number of carbonyl (C=O) groups excluding carboxylic acids is 2. The molecule has 0 bridgehead atoms. The van der Waals surface area contributed by atoms with Crippen LogP contribution in [0.15, 0.2) is 91.0 Å². The standard InChI is InChI=1S/C40H48ClN5O5/c1-40(49,44-31-22-20-30(41)21-23-31)37-24-34(39(48)43-33-17-9-11-19-36(33)51-27-29-14-6-3-7-15-29)46(45-37)25-38(47)42-32-16-8-10-18-35(32)50-26-28-12-4-2-5-13-28/h2-7,12-15,20-24,32-33,35-36,44,49H,8-11,16-19,25-27H2,1H3,(H,42,47)(H,43,48)/t32-,33-,35-,36-,40?/m0/s1. The van der Waals surface area contributed by atoms with Crippen molar-refractivity contribution in [3.8, 4) is 0 Å². The van der Waals surface area contributed by atoms with Gasteiger partial charge in [-0.2, -0.15) is 5.10 Å². The first-order chi connectivity index (χ1) is 24.7. The maximum absolute atomic E-state index is 14.0. The number of hydrogen-bond donors (Lipinski definition) is 4. The summed E-state index contributed by atoms with van der Waals surface area (Å²) < 4.78 is 14.0. The Morgan fingerprint density at radius 1 is 0.804 bits per heavy atom. The van der Waals surface area contributed by atoms with Crippen LogP contribution in [0, 0.1) is 0 Å². The second-order valence-electron chi connectivity index (χ2n) is 13.8. The molecule has 270 valence electrons. The van der Waals surface area contributed by atoms with Crippen LogP contribution in [0.25, 0.3) is 0 Å². The van der Waals surface area contributed by atoms with Gasteiger partial charge in [-0.3, -0.25) is 14.3 Å². The van der Waals surface area contributed by atoms with Crippen molar-refractivity contribution in [2.75, 3.05) is 5.32 Å². The first-order valence-electron chi connectivity index (χ1n) is 18.0. The Hall–Kier alpha value is -4.22. The molecule has 1 aromatic heterocycles. The molecule has 0 spiro atoms. The first-order valence-corrected chi connectivity index (χ1v) is 18.4. The Morgan fingerprint density at radius 3 is 1.90 bits per heavy atom. The van der Waals surface area contributed by atoms with E-state index in [4.69, 9.17) is 21.1 Å². The molecule has 5 atom stereocenters. The van der Waals surface area contributed by atoms with Crippen molar-refractivity contribution < 1.29 is 24.2 Å². The Kier molecular flexibility index (Phi) is 12.4. The molecule has 2 saturated carbocycles. The van der Waals surface area contributed by atoms with E-state index in [2.05, 4.69) is 21.0 Å². The smallest absolute Gasteiger partial charge is 0.269 e. The minimum atomic E-state index is -1.67. The van der Waals surface area contributed by atoms with E-state index >= 15 is 0 Å². The third kappa shape index (κ3) is 10.2. The lowest BCUT2D eigenvalue weighted by Crippen LogP contribution is -2.48. The zero-order valence-corrected chi connectivity index (χ0v) is 29.9. The zero-order valence-electron chi connectivity index (χ0n) is 29.1. The molecule has 0 radical (unpaired) electrons. The molecule has 51 heavy (non-hydrogen) atoms. The van der Waals surface area contributed by atoms with Gasteiger partial charge in [-0.15, -0.1) is 0 Å². The SMILES string of the molecule is CC(O)(Nc1ccc(Cl)cc1)c1cc(C(=O)N[C@H]2CCCC[C@@H]2OCc2ccccc2)n(CC(=O)N[C@H]2CCCC[C@@H]2OCc2ccccc2)n1. The summed E-state index contributed by atoms with van der Waals surface area (Å²) in [5, 5.41) is 26.2. The topological polar surface area (TPSA) is 127 Å². The fourth-order valence-electron chi connectivity index (χ4n) is 6.94. The summed E-state index contributed by atoms with van der Waals surface area (Å²) in [6.45, 7) is 2.27. The number of nitrogens with one attached hydrogen (secondary N) is 3. The monoisotopic (exact) mass is 713 g/mol. The molecular formula is C40H48ClN5O5. The molecule has 0 aliphatic heterocycles. The molecule has 2 aliphatic carbocycles. The highest BCUT2D eigenvalue weighted by molar-refractivity contribution is 6.30. The third-order valence-electron chi connectivity index (χ3n) is 9.72. The van der Waals surface area contributed by atoms with Gasteiger partial charge < -0.3 is 30.5 Å². The van der Waals surface area contributed by atoms with E-state index in [1.165, 1.54) is 4.68 Å². The maximum Gasteiger partial charge on any atom is 0.269 e. The summed E-state index contributed by atoms with van der Waals surface area (Å²) >= 11 is 6.07. The summed E-state index contributed by atoms with van der Waals surface area (Å²) in [6.07, 6.45) is 6.99. The van der Waals surface area contributed by atoms with Crippen molar-refractivity contribution in [2.24, 2.45) is 0 Å². The molecule has 4 N–H and O–H groups in total. The summed E-state index contributed by atoms with van der Waals surface area (Å²) in [5.74, 6) is -0.670. The molecule has 2 fully saturated rings. The Labute approximate surface area is 304 Å². The summed E-state index contributed by atoms with van der Waals surface area (Å²) in [4.78, 5) is 27.7. The van der Waals surface area contributed by atoms with Crippen LogP contribution in [0.5, 0.6) is 0 Å². The minimum absolute atomic E-state index is 0.123. The number of aliphatic hydroxyl groups is 1. The van der Waals surface area contributed by atoms with Crippen molar-refractivity contribution in [1.82, 2.24) is 20.4 Å². The highest BCUT2D eigenvalue weighted by atomic mass is 35.5. The number of benzene rings is 3. The zero-order chi connectivity index (χ0) is 35.6. The van der Waals surface area contributed by atoms with Crippen molar-refractivity contribution in [2.45, 2.75) is 108 Å². The molecule has 1 heterocycles. The number of carbonyl (C=O) groups is 2. The first kappa shape index (κ1) is 36.6. The van der Waals surface area contributed by atoms with Crippen molar-refractivity contribution >= 4 is 29.1 Å². The van der Waals surface area contributed by atoms with Gasteiger partial charge in [0.15, 0.2) is 5.72 Å². The molecule has 6 rings (SSSR count). The lowest BCUT2D eigenvalue weighted by Gasteiger charge is -2.32. The van der Waals surface area contributed by atoms with Gasteiger partial charge in [-0.05, 0) is 74.1 Å². The van der Waals surface area contributed by atoms with E-state index in [1.807, 2.05) is 60.7 Å². The van der Waals surface area contributed by atoms with Crippen LogP contribution in [0.2, 0.25) is 5.02 Å². The second kappa shape index (κ2) is 17.3. The van der Waals surface area contributed by atoms with E-state index < -0.39 is 5.72 Å². The molecular weight excluding hydrogens is 666 g/mol. The summed E-state index contributed by atoms with van der Waals surface area (Å²) in [7, 11) is 0. The van der Waals surface area contributed by atoms with Crippen LogP contribution in [-0.4, -0.2) is 51.0 Å². The molecule has 10 nitrogen and oxygen atoms in total. The maximum atomic E-state index is 14.0. The van der Waals surface area contributed by atoms with Gasteiger partial charge in [-0.1, -0.05) is 97.9 Å². The molecule has 11 heteroatoms.